The fourth-order valence-electron chi connectivity index (χ4n) is 3.38. The average molecular weight is 383 g/mol. The summed E-state index contributed by atoms with van der Waals surface area (Å²) >= 11 is 0. The number of carboxylic acid groups (broad SMARTS) is 1. The summed E-state index contributed by atoms with van der Waals surface area (Å²) in [6.45, 7) is 2.52. The number of carbonyl (C=O) groups is 2. The van der Waals surface area contributed by atoms with Crippen LogP contribution in [0.3, 0.4) is 0 Å². The highest BCUT2D eigenvalue weighted by atomic mass is 16.4. The van der Waals surface area contributed by atoms with Crippen molar-refractivity contribution in [2.45, 2.75) is 64.3 Å². The topological polar surface area (TPSA) is 102 Å². The second-order valence-corrected chi connectivity index (χ2v) is 7.26. The summed E-state index contributed by atoms with van der Waals surface area (Å²) < 4.78 is 0. The molecule has 0 radical (unpaired) electrons. The van der Waals surface area contributed by atoms with Crippen molar-refractivity contribution in [1.29, 1.82) is 5.26 Å². The van der Waals surface area contributed by atoms with Crippen LogP contribution in [-0.4, -0.2) is 23.5 Å². The minimum atomic E-state index is -0.788. The van der Waals surface area contributed by atoms with Crippen molar-refractivity contribution in [3.8, 4) is 6.07 Å². The van der Waals surface area contributed by atoms with E-state index in [1.54, 1.807) is 0 Å². The first-order chi connectivity index (χ1) is 13.5. The van der Waals surface area contributed by atoms with Crippen LogP contribution < -0.4 is 10.6 Å². The Balaban J connectivity index is 1.82. The monoisotopic (exact) mass is 383 g/mol. The molecule has 1 aliphatic carbocycles. The molecule has 1 aromatic rings. The lowest BCUT2D eigenvalue weighted by molar-refractivity contribution is -0.137. The van der Waals surface area contributed by atoms with Gasteiger partial charge in [-0.05, 0) is 62.1 Å². The predicted molar refractivity (Wildman–Crippen MR) is 107 cm³/mol. The van der Waals surface area contributed by atoms with E-state index >= 15 is 0 Å². The van der Waals surface area contributed by atoms with Gasteiger partial charge >= 0.3 is 5.97 Å². The van der Waals surface area contributed by atoms with Crippen LogP contribution >= 0.6 is 0 Å². The van der Waals surface area contributed by atoms with Gasteiger partial charge in [-0.15, -0.1) is 0 Å². The Morgan fingerprint density at radius 1 is 1.21 bits per heavy atom. The number of carbonyl (C=O) groups excluding carboxylic acids is 1. The van der Waals surface area contributed by atoms with Gasteiger partial charge in [-0.1, -0.05) is 24.6 Å². The average Bonchev–Trinajstić information content (AvgIpc) is 2.69. The number of benzene rings is 1. The second-order valence-electron chi connectivity index (χ2n) is 7.26. The van der Waals surface area contributed by atoms with Gasteiger partial charge in [0.2, 0.25) is 0 Å². The van der Waals surface area contributed by atoms with E-state index in [0.29, 0.717) is 13.0 Å². The van der Waals surface area contributed by atoms with E-state index in [0.717, 1.165) is 31.2 Å². The summed E-state index contributed by atoms with van der Waals surface area (Å²) in [7, 11) is 0. The summed E-state index contributed by atoms with van der Waals surface area (Å²) in [4.78, 5) is 22.8. The highest BCUT2D eigenvalue weighted by Crippen LogP contribution is 2.24. The van der Waals surface area contributed by atoms with Gasteiger partial charge in [0.05, 0.1) is 6.04 Å². The number of amides is 1. The zero-order valence-corrected chi connectivity index (χ0v) is 16.5. The molecule has 0 heterocycles. The van der Waals surface area contributed by atoms with Crippen LogP contribution in [0.5, 0.6) is 0 Å². The van der Waals surface area contributed by atoms with Crippen LogP contribution in [0.25, 0.3) is 0 Å². The number of nitrogens with one attached hydrogen (secondary N) is 2. The largest absolute Gasteiger partial charge is 0.481 e. The summed E-state index contributed by atoms with van der Waals surface area (Å²) in [5, 5.41) is 23.7. The first-order valence-electron chi connectivity index (χ1n) is 9.99. The molecule has 0 bridgehead atoms. The second kappa shape index (κ2) is 11.1. The molecule has 6 nitrogen and oxygen atoms in total. The molecular formula is C22H29N3O3. The number of unbranched alkanes of at least 4 members (excludes halogenated alkanes) is 2. The first-order valence-corrected chi connectivity index (χ1v) is 9.99. The Labute approximate surface area is 166 Å². The van der Waals surface area contributed by atoms with Crippen molar-refractivity contribution in [2.75, 3.05) is 6.54 Å². The van der Waals surface area contributed by atoms with E-state index in [4.69, 9.17) is 5.11 Å². The molecule has 1 aliphatic rings. The number of aryl methyl sites for hydroxylation is 2. The molecule has 150 valence electrons. The van der Waals surface area contributed by atoms with Crippen LogP contribution in [0.15, 0.2) is 30.0 Å². The van der Waals surface area contributed by atoms with Crippen LogP contribution in [0.2, 0.25) is 0 Å². The molecule has 0 aliphatic heterocycles. The summed E-state index contributed by atoms with van der Waals surface area (Å²) in [6, 6.07) is 8.14. The normalized spacial score (nSPS) is 14.5. The number of fused-ring (bicyclic) bond motifs is 1. The standard InChI is InChI=1S/C22H29N3O3/c1-16(18-11-10-17-7-4-5-8-19(17)13-18)25-22(28)20(14-23)15-24-12-6-2-3-9-21(26)27/h10-11,13,15-16,24H,2-9,12H2,1H3,(H,25,28)(H,26,27)/b20-15-. The minimum absolute atomic E-state index is 0.0374. The van der Waals surface area contributed by atoms with E-state index in [1.807, 2.05) is 13.0 Å². The third-order valence-electron chi connectivity index (χ3n) is 5.04. The number of hydrogen-bond donors (Lipinski definition) is 3. The fourth-order valence-corrected chi connectivity index (χ4v) is 3.38. The SMILES string of the molecule is CC(NC(=O)/C(C#N)=C\NCCCCCC(=O)O)c1ccc2c(c1)CCCC2. The Morgan fingerprint density at radius 2 is 1.96 bits per heavy atom. The van der Waals surface area contributed by atoms with E-state index in [1.165, 1.54) is 30.2 Å². The van der Waals surface area contributed by atoms with Crippen molar-refractivity contribution in [3.05, 3.63) is 46.7 Å². The molecular weight excluding hydrogens is 354 g/mol. The molecule has 1 unspecified atom stereocenters. The number of aliphatic carboxylic acids is 1. The molecule has 2 rings (SSSR count). The maximum atomic E-state index is 12.4. The van der Waals surface area contributed by atoms with Gasteiger partial charge in [0.1, 0.15) is 11.6 Å². The Bertz CT molecular complexity index is 765. The lowest BCUT2D eigenvalue weighted by Crippen LogP contribution is -2.28. The number of carboxylic acids is 1. The molecule has 0 fully saturated rings. The van der Waals surface area contributed by atoms with E-state index in [9.17, 15) is 14.9 Å². The number of nitriles is 1. The van der Waals surface area contributed by atoms with Gasteiger partial charge < -0.3 is 15.7 Å². The number of rotatable bonds is 10. The van der Waals surface area contributed by atoms with E-state index < -0.39 is 11.9 Å². The molecule has 0 aromatic heterocycles. The van der Waals surface area contributed by atoms with Crippen molar-refractivity contribution in [2.24, 2.45) is 0 Å². The molecule has 28 heavy (non-hydrogen) atoms. The van der Waals surface area contributed by atoms with Gasteiger partial charge in [-0.2, -0.15) is 5.26 Å². The van der Waals surface area contributed by atoms with E-state index in [2.05, 4.69) is 28.8 Å². The van der Waals surface area contributed by atoms with Crippen LogP contribution in [0, 0.1) is 11.3 Å². The quantitative estimate of drug-likeness (QED) is 0.326. The van der Waals surface area contributed by atoms with Crippen LogP contribution in [0.4, 0.5) is 0 Å². The third kappa shape index (κ3) is 6.73. The van der Waals surface area contributed by atoms with Crippen LogP contribution in [-0.2, 0) is 22.4 Å². The van der Waals surface area contributed by atoms with Crippen molar-refractivity contribution >= 4 is 11.9 Å². The molecule has 0 saturated carbocycles. The Morgan fingerprint density at radius 3 is 2.68 bits per heavy atom. The third-order valence-corrected chi connectivity index (χ3v) is 5.04. The van der Waals surface area contributed by atoms with Gasteiger partial charge in [-0.25, -0.2) is 0 Å². The van der Waals surface area contributed by atoms with Gasteiger partial charge in [0, 0.05) is 19.2 Å². The summed E-state index contributed by atoms with van der Waals surface area (Å²) in [5.74, 6) is -1.18. The Hall–Kier alpha value is -2.81. The van der Waals surface area contributed by atoms with Gasteiger partial charge in [0.15, 0.2) is 0 Å². The molecule has 0 spiro atoms. The van der Waals surface area contributed by atoms with Gasteiger partial charge in [-0.3, -0.25) is 9.59 Å². The van der Waals surface area contributed by atoms with Crippen LogP contribution in [0.1, 0.15) is 68.2 Å². The highest BCUT2D eigenvalue weighted by molar-refractivity contribution is 5.97. The zero-order chi connectivity index (χ0) is 20.4. The van der Waals surface area contributed by atoms with Crippen molar-refractivity contribution < 1.29 is 14.7 Å². The molecule has 3 N–H and O–H groups in total. The molecule has 6 heteroatoms. The summed E-state index contributed by atoms with van der Waals surface area (Å²) in [5.41, 5.74) is 3.86. The number of hydrogen-bond acceptors (Lipinski definition) is 4. The highest BCUT2D eigenvalue weighted by Gasteiger charge is 2.16. The Kier molecular flexibility index (Phi) is 8.54. The van der Waals surface area contributed by atoms with Gasteiger partial charge in [0.25, 0.3) is 5.91 Å². The number of nitrogens with zero attached hydrogens (tertiary/aromatic N) is 1. The smallest absolute Gasteiger partial charge is 0.303 e. The molecule has 0 saturated heterocycles. The van der Waals surface area contributed by atoms with Crippen molar-refractivity contribution in [3.63, 3.8) is 0 Å². The zero-order valence-electron chi connectivity index (χ0n) is 16.5. The summed E-state index contributed by atoms with van der Waals surface area (Å²) in [6.07, 6.45) is 8.47. The lowest BCUT2D eigenvalue weighted by Gasteiger charge is -2.20. The lowest BCUT2D eigenvalue weighted by atomic mass is 9.89. The minimum Gasteiger partial charge on any atom is -0.481 e. The fraction of sp³-hybridized carbons (Fsp3) is 0.500. The maximum absolute atomic E-state index is 12.4. The first kappa shape index (κ1) is 21.5. The molecule has 1 aromatic carbocycles. The maximum Gasteiger partial charge on any atom is 0.303 e. The van der Waals surface area contributed by atoms with E-state index in [-0.39, 0.29) is 18.0 Å². The van der Waals surface area contributed by atoms with Crippen molar-refractivity contribution in [1.82, 2.24) is 10.6 Å². The molecule has 1 amide bonds. The predicted octanol–water partition coefficient (Wildman–Crippen LogP) is 3.38. The molecule has 1 atom stereocenters.